The Morgan fingerprint density at radius 2 is 2.18 bits per heavy atom. The van der Waals surface area contributed by atoms with Crippen LogP contribution in [-0.4, -0.2) is 37.6 Å². The number of methoxy groups -OCH3 is 1. The van der Waals surface area contributed by atoms with Gasteiger partial charge in [0.05, 0.1) is 36.3 Å². The van der Waals surface area contributed by atoms with E-state index in [4.69, 9.17) is 4.74 Å². The first-order valence-electron chi connectivity index (χ1n) is 8.36. The zero-order chi connectivity index (χ0) is 19.9. The van der Waals surface area contributed by atoms with Crippen molar-refractivity contribution in [1.82, 2.24) is 29.9 Å². The Bertz CT molecular complexity index is 1030. The van der Waals surface area contributed by atoms with Gasteiger partial charge in [-0.05, 0) is 18.6 Å². The minimum atomic E-state index is -4.66. The molecule has 0 radical (unpaired) electrons. The standard InChI is InChI=1S/C17H15F3N6O2/c1-28-15-6-10(2-4-21-15)13-7-14-12(3-5-25(14)24-13)23-16(27)11-8-22-26(9-11)17(18,19)20/h2,4,6-9,12H,3,5H2,1H3,(H,23,27). The average Bonchev–Trinajstić information content (AvgIpc) is 3.38. The summed E-state index contributed by atoms with van der Waals surface area (Å²) in [5.41, 5.74) is 2.13. The van der Waals surface area contributed by atoms with Crippen LogP contribution in [0.5, 0.6) is 5.88 Å². The maximum atomic E-state index is 12.6. The molecule has 3 aromatic rings. The van der Waals surface area contributed by atoms with E-state index in [9.17, 15) is 18.0 Å². The smallest absolute Gasteiger partial charge is 0.481 e. The molecule has 8 nitrogen and oxygen atoms in total. The Morgan fingerprint density at radius 3 is 2.89 bits per heavy atom. The van der Waals surface area contributed by atoms with Gasteiger partial charge in [-0.2, -0.15) is 14.9 Å². The summed E-state index contributed by atoms with van der Waals surface area (Å²) in [6, 6.07) is 5.02. The monoisotopic (exact) mass is 392 g/mol. The van der Waals surface area contributed by atoms with E-state index in [2.05, 4.69) is 20.5 Å². The molecule has 0 fully saturated rings. The van der Waals surface area contributed by atoms with Crippen LogP contribution < -0.4 is 10.1 Å². The molecule has 0 bridgehead atoms. The van der Waals surface area contributed by atoms with Crippen molar-refractivity contribution in [2.24, 2.45) is 0 Å². The molecule has 4 rings (SSSR count). The Labute approximate surface area is 156 Å². The molecule has 146 valence electrons. The van der Waals surface area contributed by atoms with Crippen molar-refractivity contribution < 1.29 is 22.7 Å². The molecule has 0 saturated heterocycles. The van der Waals surface area contributed by atoms with Crippen LogP contribution in [0.25, 0.3) is 11.3 Å². The van der Waals surface area contributed by atoms with Crippen molar-refractivity contribution in [3.63, 3.8) is 0 Å². The molecule has 0 aromatic carbocycles. The van der Waals surface area contributed by atoms with Crippen molar-refractivity contribution in [1.29, 1.82) is 0 Å². The van der Waals surface area contributed by atoms with Gasteiger partial charge in [0.2, 0.25) is 5.88 Å². The van der Waals surface area contributed by atoms with E-state index in [-0.39, 0.29) is 16.3 Å². The predicted molar refractivity (Wildman–Crippen MR) is 90.4 cm³/mol. The van der Waals surface area contributed by atoms with Crippen LogP contribution >= 0.6 is 0 Å². The number of ether oxygens (including phenoxy) is 1. The summed E-state index contributed by atoms with van der Waals surface area (Å²) in [5, 5.41) is 10.4. The van der Waals surface area contributed by atoms with Crippen molar-refractivity contribution in [2.45, 2.75) is 25.3 Å². The number of nitrogens with zero attached hydrogens (tertiary/aromatic N) is 5. The molecule has 1 aliphatic heterocycles. The predicted octanol–water partition coefficient (Wildman–Crippen LogP) is 2.50. The SMILES string of the molecule is COc1cc(-c2cc3n(n2)CCC3NC(=O)c2cnn(C(F)(F)F)c2)ccn1. The third-order valence-electron chi connectivity index (χ3n) is 4.45. The number of fused-ring (bicyclic) bond motifs is 1. The highest BCUT2D eigenvalue weighted by molar-refractivity contribution is 5.94. The number of alkyl halides is 3. The van der Waals surface area contributed by atoms with Gasteiger partial charge in [-0.3, -0.25) is 9.48 Å². The summed E-state index contributed by atoms with van der Waals surface area (Å²) in [6.07, 6.45) is -0.900. The van der Waals surface area contributed by atoms with Crippen LogP contribution in [-0.2, 0) is 12.8 Å². The third-order valence-corrected chi connectivity index (χ3v) is 4.45. The van der Waals surface area contributed by atoms with Gasteiger partial charge in [0.1, 0.15) is 0 Å². The molecule has 11 heteroatoms. The second-order valence-electron chi connectivity index (χ2n) is 6.22. The van der Waals surface area contributed by atoms with E-state index >= 15 is 0 Å². The van der Waals surface area contributed by atoms with E-state index in [1.807, 2.05) is 6.07 Å². The third kappa shape index (κ3) is 3.30. The van der Waals surface area contributed by atoms with E-state index < -0.39 is 12.2 Å². The second-order valence-corrected chi connectivity index (χ2v) is 6.22. The number of rotatable bonds is 4. The van der Waals surface area contributed by atoms with Gasteiger partial charge in [0.15, 0.2) is 0 Å². The Balaban J connectivity index is 1.52. The molecule has 0 aliphatic carbocycles. The fourth-order valence-corrected chi connectivity index (χ4v) is 3.08. The number of carbonyl (C=O) groups is 1. The summed E-state index contributed by atoms with van der Waals surface area (Å²) in [7, 11) is 1.52. The Kier molecular flexibility index (Phi) is 4.28. The lowest BCUT2D eigenvalue weighted by atomic mass is 10.1. The van der Waals surface area contributed by atoms with Crippen LogP contribution in [0.4, 0.5) is 13.2 Å². The van der Waals surface area contributed by atoms with Crippen molar-refractivity contribution in [2.75, 3.05) is 7.11 Å². The van der Waals surface area contributed by atoms with Gasteiger partial charge in [0.25, 0.3) is 5.91 Å². The minimum absolute atomic E-state index is 0.158. The Hall–Kier alpha value is -3.37. The molecule has 4 heterocycles. The number of aryl methyl sites for hydroxylation is 1. The molecule has 0 spiro atoms. The zero-order valence-corrected chi connectivity index (χ0v) is 14.6. The molecule has 1 N–H and O–H groups in total. The van der Waals surface area contributed by atoms with Gasteiger partial charge in [0, 0.05) is 30.6 Å². The summed E-state index contributed by atoms with van der Waals surface area (Å²) in [5.74, 6) is -0.167. The van der Waals surface area contributed by atoms with Gasteiger partial charge in [-0.25, -0.2) is 4.98 Å². The molecule has 1 amide bonds. The van der Waals surface area contributed by atoms with Gasteiger partial charge in [-0.1, -0.05) is 0 Å². The molecular formula is C17H15F3N6O2. The number of hydrogen-bond acceptors (Lipinski definition) is 5. The van der Waals surface area contributed by atoms with Crippen molar-refractivity contribution in [3.8, 4) is 17.1 Å². The highest BCUT2D eigenvalue weighted by Crippen LogP contribution is 2.31. The number of carbonyl (C=O) groups excluding carboxylic acids is 1. The first-order chi connectivity index (χ1) is 13.3. The minimum Gasteiger partial charge on any atom is -0.481 e. The number of pyridine rings is 1. The lowest BCUT2D eigenvalue weighted by molar-refractivity contribution is -0.212. The summed E-state index contributed by atoms with van der Waals surface area (Å²) in [6.45, 7) is 0.588. The van der Waals surface area contributed by atoms with E-state index in [0.717, 1.165) is 17.5 Å². The van der Waals surface area contributed by atoms with Crippen LogP contribution in [0, 0.1) is 0 Å². The first-order valence-corrected chi connectivity index (χ1v) is 8.36. The first kappa shape index (κ1) is 18.0. The topological polar surface area (TPSA) is 86.9 Å². The second kappa shape index (κ2) is 6.66. The largest absolute Gasteiger partial charge is 0.504 e. The summed E-state index contributed by atoms with van der Waals surface area (Å²) >= 11 is 0. The molecule has 1 unspecified atom stereocenters. The number of hydrogen-bond donors (Lipinski definition) is 1. The van der Waals surface area contributed by atoms with Crippen molar-refractivity contribution in [3.05, 3.63) is 48.0 Å². The highest BCUT2D eigenvalue weighted by Gasteiger charge is 2.33. The quantitative estimate of drug-likeness (QED) is 0.737. The van der Waals surface area contributed by atoms with Crippen molar-refractivity contribution >= 4 is 5.91 Å². The number of halogens is 3. The maximum absolute atomic E-state index is 12.6. The Morgan fingerprint density at radius 1 is 1.36 bits per heavy atom. The van der Waals surface area contributed by atoms with Crippen LogP contribution in [0.3, 0.4) is 0 Å². The fourth-order valence-electron chi connectivity index (χ4n) is 3.08. The summed E-state index contributed by atoms with van der Waals surface area (Å²) in [4.78, 5) is 16.4. The summed E-state index contributed by atoms with van der Waals surface area (Å²) < 4.78 is 44.6. The van der Waals surface area contributed by atoms with Crippen LogP contribution in [0.1, 0.15) is 28.5 Å². The van der Waals surface area contributed by atoms with Gasteiger partial charge < -0.3 is 10.1 Å². The molecule has 0 saturated carbocycles. The lowest BCUT2D eigenvalue weighted by Gasteiger charge is -2.11. The fraction of sp³-hybridized carbons (Fsp3) is 0.294. The molecule has 1 aliphatic rings. The zero-order valence-electron chi connectivity index (χ0n) is 14.6. The van der Waals surface area contributed by atoms with Crippen LogP contribution in [0.2, 0.25) is 0 Å². The van der Waals surface area contributed by atoms with E-state index in [0.29, 0.717) is 30.7 Å². The maximum Gasteiger partial charge on any atom is 0.504 e. The molecule has 1 atom stereocenters. The van der Waals surface area contributed by atoms with Crippen LogP contribution in [0.15, 0.2) is 36.8 Å². The average molecular weight is 392 g/mol. The van der Waals surface area contributed by atoms with E-state index in [1.165, 1.54) is 7.11 Å². The normalized spacial score (nSPS) is 16.1. The number of amides is 1. The molecule has 3 aromatic heterocycles. The number of nitrogens with one attached hydrogen (secondary N) is 1. The highest BCUT2D eigenvalue weighted by atomic mass is 19.4. The molecular weight excluding hydrogens is 377 g/mol. The van der Waals surface area contributed by atoms with Gasteiger partial charge >= 0.3 is 6.30 Å². The van der Waals surface area contributed by atoms with Gasteiger partial charge in [-0.15, -0.1) is 13.2 Å². The molecule has 28 heavy (non-hydrogen) atoms. The number of aromatic nitrogens is 5. The lowest BCUT2D eigenvalue weighted by Crippen LogP contribution is -2.27. The van der Waals surface area contributed by atoms with E-state index in [1.54, 1.807) is 23.0 Å².